The Bertz CT molecular complexity index is 924. The minimum absolute atomic E-state index is 0.161. The summed E-state index contributed by atoms with van der Waals surface area (Å²) in [6.07, 6.45) is 37.6. The van der Waals surface area contributed by atoms with Crippen LogP contribution in [0, 0.1) is 0 Å². The van der Waals surface area contributed by atoms with Crippen LogP contribution in [0.25, 0.3) is 0 Å². The number of carbonyl (C=O) groups is 1. The van der Waals surface area contributed by atoms with Crippen molar-refractivity contribution in [3.63, 3.8) is 0 Å². The van der Waals surface area contributed by atoms with Gasteiger partial charge in [-0.1, -0.05) is 232 Å². The summed E-state index contributed by atoms with van der Waals surface area (Å²) in [7, 11) is 0. The van der Waals surface area contributed by atoms with Gasteiger partial charge in [-0.25, -0.2) is 0 Å². The highest BCUT2D eigenvalue weighted by molar-refractivity contribution is 5.76. The Kier molecular flexibility index (Phi) is 39.0. The maximum atomic E-state index is 13.1. The van der Waals surface area contributed by atoms with Crippen molar-refractivity contribution in [2.75, 3.05) is 6.61 Å². The largest absolute Gasteiger partial charge is 0.394 e. The van der Waals surface area contributed by atoms with Crippen molar-refractivity contribution in [2.45, 2.75) is 313 Å². The third-order valence-electron chi connectivity index (χ3n) is 13.3. The van der Waals surface area contributed by atoms with Crippen LogP contribution in [0.4, 0.5) is 0 Å². The molecule has 0 spiro atoms. The van der Waals surface area contributed by atoms with Crippen molar-refractivity contribution in [3.05, 3.63) is 0 Å². The van der Waals surface area contributed by atoms with Crippen LogP contribution in [0.15, 0.2) is 0 Å². The number of unbranched alkanes of at least 4 members (excludes halogenated alkanes) is 33. The SMILES string of the molecule is CCCCCCCCCCCCCCCCCCCCCCCCCC(=O)N[C@@H](CC[C@@H]1OC(CO)[C@H](O)[C@H](O)C1O)[C@H](O)[C@H](O)CCCCCCCCCCCCCC. The predicted octanol–water partition coefficient (Wildman–Crippen LogP) is 11.3. The van der Waals surface area contributed by atoms with Gasteiger partial charge in [-0.05, 0) is 25.7 Å². The average Bonchev–Trinajstić information content (AvgIpc) is 3.25. The van der Waals surface area contributed by atoms with Gasteiger partial charge >= 0.3 is 0 Å². The molecule has 0 aliphatic carbocycles. The third kappa shape index (κ3) is 30.3. The summed E-state index contributed by atoms with van der Waals surface area (Å²) in [5.41, 5.74) is 0. The highest BCUT2D eigenvalue weighted by Gasteiger charge is 2.43. The van der Waals surface area contributed by atoms with Gasteiger partial charge in [-0.15, -0.1) is 0 Å². The average molecular weight is 856 g/mol. The Hall–Kier alpha value is -0.810. The van der Waals surface area contributed by atoms with Gasteiger partial charge in [0.2, 0.25) is 5.91 Å². The van der Waals surface area contributed by atoms with Gasteiger partial charge in [-0.2, -0.15) is 0 Å². The standard InChI is InChI=1S/C51H101NO8/c1-3-5-7-9-11-13-15-17-18-19-20-21-22-23-24-25-26-27-29-31-33-35-37-39-47(55)52-43(40-41-45-49(57)51(59)50(58)46(42-53)60-45)48(56)44(54)38-36-34-32-30-28-16-14-12-10-8-6-4-2/h43-46,48-51,53-54,56-59H,3-42H2,1-2H3,(H,52,55)/t43-,44+,45-,46?,48-,49?,50-,51+/m0/s1. The van der Waals surface area contributed by atoms with E-state index >= 15 is 0 Å². The topological polar surface area (TPSA) is 160 Å². The molecule has 0 aromatic carbocycles. The lowest BCUT2D eigenvalue weighted by Crippen LogP contribution is -2.59. The summed E-state index contributed by atoms with van der Waals surface area (Å²) < 4.78 is 5.69. The molecule has 1 aliphatic rings. The molecule has 0 aromatic heterocycles. The van der Waals surface area contributed by atoms with Crippen molar-refractivity contribution in [1.29, 1.82) is 0 Å². The van der Waals surface area contributed by atoms with E-state index in [2.05, 4.69) is 19.2 Å². The van der Waals surface area contributed by atoms with Crippen LogP contribution in [0.2, 0.25) is 0 Å². The molecular formula is C51H101NO8. The number of ether oxygens (including phenoxy) is 1. The Morgan fingerprint density at radius 2 is 0.800 bits per heavy atom. The molecule has 7 N–H and O–H groups in total. The fourth-order valence-corrected chi connectivity index (χ4v) is 9.07. The van der Waals surface area contributed by atoms with Crippen molar-refractivity contribution in [3.8, 4) is 0 Å². The minimum atomic E-state index is -1.48. The lowest BCUT2D eigenvalue weighted by atomic mass is 9.90. The second kappa shape index (κ2) is 40.9. The number of nitrogens with one attached hydrogen (secondary N) is 1. The van der Waals surface area contributed by atoms with Gasteiger partial charge in [0, 0.05) is 6.42 Å². The van der Waals surface area contributed by atoms with E-state index in [-0.39, 0.29) is 18.7 Å². The molecule has 2 unspecified atom stereocenters. The number of aliphatic hydroxyl groups excluding tert-OH is 6. The maximum Gasteiger partial charge on any atom is 0.220 e. The fourth-order valence-electron chi connectivity index (χ4n) is 9.07. The van der Waals surface area contributed by atoms with Crippen molar-refractivity contribution >= 4 is 5.91 Å². The molecule has 0 radical (unpaired) electrons. The molecule has 9 nitrogen and oxygen atoms in total. The summed E-state index contributed by atoms with van der Waals surface area (Å²) in [5.74, 6) is -0.172. The molecule has 1 rings (SSSR count). The molecule has 8 atom stereocenters. The maximum absolute atomic E-state index is 13.1. The van der Waals surface area contributed by atoms with Gasteiger partial charge in [0.25, 0.3) is 0 Å². The molecule has 9 heteroatoms. The van der Waals surface area contributed by atoms with E-state index in [0.717, 1.165) is 38.5 Å². The third-order valence-corrected chi connectivity index (χ3v) is 13.3. The number of aliphatic hydroxyl groups is 6. The van der Waals surface area contributed by atoms with Crippen molar-refractivity contribution in [2.24, 2.45) is 0 Å². The molecule has 1 saturated heterocycles. The molecular weight excluding hydrogens is 755 g/mol. The first-order valence-corrected chi connectivity index (χ1v) is 26.2. The van der Waals surface area contributed by atoms with E-state index < -0.39 is 55.4 Å². The van der Waals surface area contributed by atoms with Crippen LogP contribution in [0.5, 0.6) is 0 Å². The van der Waals surface area contributed by atoms with E-state index in [1.807, 2.05) is 0 Å². The van der Waals surface area contributed by atoms with E-state index in [1.165, 1.54) is 186 Å². The van der Waals surface area contributed by atoms with E-state index in [4.69, 9.17) is 4.74 Å². The van der Waals surface area contributed by atoms with Gasteiger partial charge in [-0.3, -0.25) is 4.79 Å². The van der Waals surface area contributed by atoms with Crippen LogP contribution < -0.4 is 5.32 Å². The fraction of sp³-hybridized carbons (Fsp3) is 0.980. The molecule has 60 heavy (non-hydrogen) atoms. The normalized spacial score (nSPS) is 21.0. The summed E-state index contributed by atoms with van der Waals surface area (Å²) in [5, 5.41) is 65.8. The van der Waals surface area contributed by atoms with E-state index in [9.17, 15) is 35.4 Å². The molecule has 1 fully saturated rings. The number of rotatable bonds is 44. The van der Waals surface area contributed by atoms with Gasteiger partial charge in [0.1, 0.15) is 24.4 Å². The second-order valence-electron chi connectivity index (χ2n) is 18.9. The molecule has 358 valence electrons. The smallest absolute Gasteiger partial charge is 0.220 e. The molecule has 1 aliphatic heterocycles. The Balaban J connectivity index is 2.26. The molecule has 0 saturated carbocycles. The van der Waals surface area contributed by atoms with Gasteiger partial charge in [0.05, 0.1) is 31.0 Å². The summed E-state index contributed by atoms with van der Waals surface area (Å²) in [6, 6.07) is -0.762. The van der Waals surface area contributed by atoms with E-state index in [1.54, 1.807) is 0 Å². The second-order valence-corrected chi connectivity index (χ2v) is 18.9. The molecule has 1 heterocycles. The van der Waals surface area contributed by atoms with Gasteiger partial charge < -0.3 is 40.7 Å². The van der Waals surface area contributed by atoms with Crippen molar-refractivity contribution in [1.82, 2.24) is 5.32 Å². The first-order chi connectivity index (χ1) is 29.3. The first kappa shape index (κ1) is 57.2. The van der Waals surface area contributed by atoms with Gasteiger partial charge in [0.15, 0.2) is 0 Å². The Labute approximate surface area is 370 Å². The Morgan fingerprint density at radius 1 is 0.467 bits per heavy atom. The minimum Gasteiger partial charge on any atom is -0.394 e. The number of hydrogen-bond donors (Lipinski definition) is 7. The quantitative estimate of drug-likeness (QED) is 0.0298. The number of hydrogen-bond acceptors (Lipinski definition) is 8. The number of carbonyl (C=O) groups excluding carboxylic acids is 1. The van der Waals surface area contributed by atoms with Crippen LogP contribution >= 0.6 is 0 Å². The van der Waals surface area contributed by atoms with Crippen LogP contribution in [-0.2, 0) is 9.53 Å². The molecule has 0 bridgehead atoms. The summed E-state index contributed by atoms with van der Waals surface area (Å²) in [4.78, 5) is 13.1. The van der Waals surface area contributed by atoms with E-state index in [0.29, 0.717) is 12.8 Å². The first-order valence-electron chi connectivity index (χ1n) is 26.2. The Morgan fingerprint density at radius 3 is 1.17 bits per heavy atom. The predicted molar refractivity (Wildman–Crippen MR) is 249 cm³/mol. The monoisotopic (exact) mass is 856 g/mol. The molecule has 1 amide bonds. The summed E-state index contributed by atoms with van der Waals surface area (Å²) >= 11 is 0. The zero-order chi connectivity index (χ0) is 43.9. The molecule has 0 aromatic rings. The zero-order valence-electron chi connectivity index (χ0n) is 39.4. The zero-order valence-corrected chi connectivity index (χ0v) is 39.4. The highest BCUT2D eigenvalue weighted by atomic mass is 16.5. The number of amides is 1. The van der Waals surface area contributed by atoms with Crippen LogP contribution in [-0.4, -0.2) is 91.9 Å². The lowest BCUT2D eigenvalue weighted by molar-refractivity contribution is -0.231. The van der Waals surface area contributed by atoms with Crippen molar-refractivity contribution < 1.29 is 40.2 Å². The highest BCUT2D eigenvalue weighted by Crippen LogP contribution is 2.26. The lowest BCUT2D eigenvalue weighted by Gasteiger charge is -2.40. The van der Waals surface area contributed by atoms with Crippen LogP contribution in [0.3, 0.4) is 0 Å². The van der Waals surface area contributed by atoms with Crippen LogP contribution in [0.1, 0.15) is 264 Å². The summed E-state index contributed by atoms with van der Waals surface area (Å²) in [6.45, 7) is 4.02.